The minimum atomic E-state index is -3.12. The fourth-order valence-electron chi connectivity index (χ4n) is 2.31. The molecule has 1 fully saturated rings. The highest BCUT2D eigenvalue weighted by molar-refractivity contribution is 7.91. The number of aryl methyl sites for hydroxylation is 1. The Bertz CT molecular complexity index is 566. The molecule has 0 aliphatic carbocycles. The van der Waals surface area contributed by atoms with Crippen LogP contribution in [0.15, 0.2) is 12.4 Å². The van der Waals surface area contributed by atoms with Gasteiger partial charge in [-0.3, -0.25) is 14.4 Å². The van der Waals surface area contributed by atoms with Gasteiger partial charge in [-0.2, -0.15) is 5.10 Å². The lowest BCUT2D eigenvalue weighted by molar-refractivity contribution is -0.138. The first kappa shape index (κ1) is 14.0. The molecule has 2 rings (SSSR count). The van der Waals surface area contributed by atoms with Crippen molar-refractivity contribution in [2.45, 2.75) is 19.0 Å². The second-order valence-electron chi connectivity index (χ2n) is 4.86. The van der Waals surface area contributed by atoms with Crippen molar-refractivity contribution in [2.75, 3.05) is 18.1 Å². The van der Waals surface area contributed by atoms with Gasteiger partial charge < -0.3 is 5.11 Å². The third-order valence-corrected chi connectivity index (χ3v) is 4.90. The SMILES string of the molecule is Cn1cc(CN2CCS(=O)(=O)CC2CC(=O)O)cn1. The number of aliphatic carboxylic acids is 1. The summed E-state index contributed by atoms with van der Waals surface area (Å²) in [5, 5.41) is 12.9. The highest BCUT2D eigenvalue weighted by Gasteiger charge is 2.32. The molecule has 2 heterocycles. The Morgan fingerprint density at radius 1 is 1.58 bits per heavy atom. The van der Waals surface area contributed by atoms with Crippen LogP contribution in [0.3, 0.4) is 0 Å². The highest BCUT2D eigenvalue weighted by Crippen LogP contribution is 2.17. The number of carbonyl (C=O) groups is 1. The standard InChI is InChI=1S/C11H17N3O4S/c1-13-6-9(5-12-13)7-14-2-3-19(17,18)8-10(14)4-11(15)16/h5-6,10H,2-4,7-8H2,1H3,(H,15,16). The molecule has 0 saturated carbocycles. The van der Waals surface area contributed by atoms with Crippen LogP contribution in [-0.2, 0) is 28.2 Å². The van der Waals surface area contributed by atoms with Crippen LogP contribution < -0.4 is 0 Å². The van der Waals surface area contributed by atoms with Gasteiger partial charge in [0, 0.05) is 37.9 Å². The summed E-state index contributed by atoms with van der Waals surface area (Å²) in [6.07, 6.45) is 3.40. The summed E-state index contributed by atoms with van der Waals surface area (Å²) >= 11 is 0. The van der Waals surface area contributed by atoms with E-state index in [0.29, 0.717) is 13.1 Å². The fourth-order valence-corrected chi connectivity index (χ4v) is 3.90. The molecular formula is C11H17N3O4S. The molecule has 1 aromatic rings. The molecule has 0 bridgehead atoms. The molecule has 1 atom stereocenters. The van der Waals surface area contributed by atoms with E-state index in [4.69, 9.17) is 5.11 Å². The number of hydrogen-bond acceptors (Lipinski definition) is 5. The zero-order chi connectivity index (χ0) is 14.0. The third kappa shape index (κ3) is 3.77. The summed E-state index contributed by atoms with van der Waals surface area (Å²) in [5.74, 6) is -0.971. The molecule has 0 aromatic carbocycles. The molecule has 0 amide bonds. The summed E-state index contributed by atoms with van der Waals surface area (Å²) in [4.78, 5) is 12.8. The molecule has 0 spiro atoms. The van der Waals surface area contributed by atoms with Gasteiger partial charge in [-0.25, -0.2) is 8.42 Å². The molecule has 1 unspecified atom stereocenters. The summed E-state index contributed by atoms with van der Waals surface area (Å²) in [6, 6.07) is -0.462. The number of carboxylic acid groups (broad SMARTS) is 1. The second-order valence-corrected chi connectivity index (χ2v) is 7.09. The van der Waals surface area contributed by atoms with Crippen molar-refractivity contribution in [1.29, 1.82) is 0 Å². The zero-order valence-electron chi connectivity index (χ0n) is 10.7. The normalized spacial score (nSPS) is 23.3. The Labute approximate surface area is 111 Å². The molecule has 1 aliphatic heterocycles. The van der Waals surface area contributed by atoms with Crippen LogP contribution in [0.2, 0.25) is 0 Å². The monoisotopic (exact) mass is 287 g/mol. The molecule has 1 saturated heterocycles. The molecule has 7 nitrogen and oxygen atoms in total. The van der Waals surface area contributed by atoms with Crippen molar-refractivity contribution >= 4 is 15.8 Å². The zero-order valence-corrected chi connectivity index (χ0v) is 11.5. The van der Waals surface area contributed by atoms with E-state index in [1.165, 1.54) is 0 Å². The Morgan fingerprint density at radius 3 is 2.89 bits per heavy atom. The van der Waals surface area contributed by atoms with Gasteiger partial charge in [-0.15, -0.1) is 0 Å². The van der Waals surface area contributed by atoms with Crippen LogP contribution in [0.4, 0.5) is 0 Å². The highest BCUT2D eigenvalue weighted by atomic mass is 32.2. The lowest BCUT2D eigenvalue weighted by Gasteiger charge is -2.34. The Kier molecular flexibility index (Phi) is 3.91. The van der Waals surface area contributed by atoms with Crippen molar-refractivity contribution in [3.8, 4) is 0 Å². The van der Waals surface area contributed by atoms with E-state index < -0.39 is 21.8 Å². The molecule has 1 aromatic heterocycles. The summed E-state index contributed by atoms with van der Waals surface area (Å²) in [6.45, 7) is 0.899. The number of aromatic nitrogens is 2. The molecule has 1 aliphatic rings. The maximum absolute atomic E-state index is 11.6. The molecule has 8 heteroatoms. The van der Waals surface area contributed by atoms with Crippen molar-refractivity contribution in [2.24, 2.45) is 7.05 Å². The van der Waals surface area contributed by atoms with Crippen LogP contribution in [0, 0.1) is 0 Å². The summed E-state index contributed by atoms with van der Waals surface area (Å²) in [5.41, 5.74) is 0.956. The maximum Gasteiger partial charge on any atom is 0.304 e. The van der Waals surface area contributed by atoms with E-state index in [1.807, 2.05) is 11.1 Å². The largest absolute Gasteiger partial charge is 0.481 e. The number of sulfone groups is 1. The van der Waals surface area contributed by atoms with Gasteiger partial charge in [0.2, 0.25) is 0 Å². The van der Waals surface area contributed by atoms with Gasteiger partial charge in [0.25, 0.3) is 0 Å². The first-order valence-corrected chi connectivity index (χ1v) is 7.82. The molecule has 0 radical (unpaired) electrons. The third-order valence-electron chi connectivity index (χ3n) is 3.21. The van der Waals surface area contributed by atoms with E-state index in [2.05, 4.69) is 5.10 Å². The van der Waals surface area contributed by atoms with Gasteiger partial charge in [0.1, 0.15) is 0 Å². The lowest BCUT2D eigenvalue weighted by atomic mass is 10.2. The lowest BCUT2D eigenvalue weighted by Crippen LogP contribution is -2.48. The smallest absolute Gasteiger partial charge is 0.304 e. The Balaban J connectivity index is 2.10. The topological polar surface area (TPSA) is 92.5 Å². The number of hydrogen-bond donors (Lipinski definition) is 1. The number of carboxylic acids is 1. The molecular weight excluding hydrogens is 270 g/mol. The molecule has 1 N–H and O–H groups in total. The first-order chi connectivity index (χ1) is 8.85. The minimum absolute atomic E-state index is 0.0838. The second kappa shape index (κ2) is 5.30. The van der Waals surface area contributed by atoms with E-state index in [0.717, 1.165) is 5.56 Å². The molecule has 106 valence electrons. The fraction of sp³-hybridized carbons (Fsp3) is 0.636. The van der Waals surface area contributed by atoms with Crippen molar-refractivity contribution in [3.05, 3.63) is 18.0 Å². The summed E-state index contributed by atoms with van der Waals surface area (Å²) < 4.78 is 24.9. The van der Waals surface area contributed by atoms with Gasteiger partial charge >= 0.3 is 5.97 Å². The number of nitrogens with zero attached hydrogens (tertiary/aromatic N) is 3. The van der Waals surface area contributed by atoms with Gasteiger partial charge in [-0.1, -0.05) is 0 Å². The van der Waals surface area contributed by atoms with E-state index in [-0.39, 0.29) is 17.9 Å². The molecule has 19 heavy (non-hydrogen) atoms. The average molecular weight is 287 g/mol. The van der Waals surface area contributed by atoms with Crippen molar-refractivity contribution in [1.82, 2.24) is 14.7 Å². The quantitative estimate of drug-likeness (QED) is 0.802. The first-order valence-electron chi connectivity index (χ1n) is 5.99. The number of rotatable bonds is 4. The van der Waals surface area contributed by atoms with Crippen LogP contribution in [0.1, 0.15) is 12.0 Å². The van der Waals surface area contributed by atoms with Gasteiger partial charge in [0.15, 0.2) is 9.84 Å². The van der Waals surface area contributed by atoms with Gasteiger partial charge in [-0.05, 0) is 0 Å². The predicted molar refractivity (Wildman–Crippen MR) is 68.3 cm³/mol. The predicted octanol–water partition coefficient (Wildman–Crippen LogP) is -0.506. The average Bonchev–Trinajstić information content (AvgIpc) is 2.67. The van der Waals surface area contributed by atoms with Crippen molar-refractivity contribution < 1.29 is 18.3 Å². The summed E-state index contributed by atoms with van der Waals surface area (Å²) in [7, 11) is -1.32. The van der Waals surface area contributed by atoms with Gasteiger partial charge in [0.05, 0.1) is 24.1 Å². The van der Waals surface area contributed by atoms with E-state index in [9.17, 15) is 13.2 Å². The van der Waals surface area contributed by atoms with Crippen LogP contribution in [0.5, 0.6) is 0 Å². The Morgan fingerprint density at radius 2 is 2.32 bits per heavy atom. The van der Waals surface area contributed by atoms with Crippen molar-refractivity contribution in [3.63, 3.8) is 0 Å². The van der Waals surface area contributed by atoms with Crippen LogP contribution in [-0.4, -0.2) is 58.3 Å². The maximum atomic E-state index is 11.6. The Hall–Kier alpha value is -1.41. The minimum Gasteiger partial charge on any atom is -0.481 e. The van der Waals surface area contributed by atoms with E-state index in [1.54, 1.807) is 17.9 Å². The van der Waals surface area contributed by atoms with Crippen LogP contribution >= 0.6 is 0 Å². The van der Waals surface area contributed by atoms with Crippen LogP contribution in [0.25, 0.3) is 0 Å². The van der Waals surface area contributed by atoms with E-state index >= 15 is 0 Å².